The number of nitrogens with zero attached hydrogens (tertiary/aromatic N) is 1. The highest BCUT2D eigenvalue weighted by atomic mass is 79.9. The Kier molecular flexibility index (Phi) is 4.73. The minimum absolute atomic E-state index is 0.217. The van der Waals surface area contributed by atoms with E-state index in [4.69, 9.17) is 9.47 Å². The molecule has 0 radical (unpaired) electrons. The molecule has 0 spiro atoms. The van der Waals surface area contributed by atoms with Gasteiger partial charge in [-0.15, -0.1) is 0 Å². The molecule has 0 amide bonds. The molecule has 0 atom stereocenters. The van der Waals surface area contributed by atoms with Crippen molar-refractivity contribution in [3.8, 4) is 11.5 Å². The van der Waals surface area contributed by atoms with Crippen molar-refractivity contribution < 1.29 is 17.9 Å². The fourth-order valence-electron chi connectivity index (χ4n) is 2.92. The minimum Gasteiger partial charge on any atom is -0.496 e. The first-order chi connectivity index (χ1) is 11.5. The van der Waals surface area contributed by atoms with E-state index in [1.54, 1.807) is 38.5 Å². The number of para-hydroxylation sites is 1. The zero-order valence-electron chi connectivity index (χ0n) is 13.5. The standard InChI is InChI=1S/C17H18BrNO4S/c1-22-15-9-8-13(11-14(15)18)24(20,21)19-10-4-6-12-5-3-7-16(23-2)17(12)19/h3,5,7-9,11H,4,6,10H2,1-2H3. The molecule has 128 valence electrons. The second-order valence-corrected chi connectivity index (χ2v) is 8.16. The van der Waals surface area contributed by atoms with E-state index in [2.05, 4.69) is 15.9 Å². The molecule has 0 saturated carbocycles. The van der Waals surface area contributed by atoms with Crippen molar-refractivity contribution >= 4 is 31.6 Å². The molecule has 0 aromatic heterocycles. The molecule has 1 aliphatic heterocycles. The predicted octanol–water partition coefficient (Wildman–Crippen LogP) is 3.61. The Balaban J connectivity index is 2.11. The van der Waals surface area contributed by atoms with Crippen LogP contribution in [0.15, 0.2) is 45.8 Å². The van der Waals surface area contributed by atoms with Gasteiger partial charge in [0.1, 0.15) is 11.5 Å². The van der Waals surface area contributed by atoms with Crippen LogP contribution in [-0.4, -0.2) is 29.2 Å². The Hall–Kier alpha value is -1.73. The third-order valence-electron chi connectivity index (χ3n) is 4.07. The van der Waals surface area contributed by atoms with Crippen LogP contribution in [0.1, 0.15) is 12.0 Å². The lowest BCUT2D eigenvalue weighted by Gasteiger charge is -2.31. The topological polar surface area (TPSA) is 55.8 Å². The zero-order chi connectivity index (χ0) is 17.3. The van der Waals surface area contributed by atoms with Crippen LogP contribution >= 0.6 is 15.9 Å². The molecule has 5 nitrogen and oxygen atoms in total. The smallest absolute Gasteiger partial charge is 0.264 e. The predicted molar refractivity (Wildman–Crippen MR) is 96.5 cm³/mol. The average Bonchev–Trinajstić information content (AvgIpc) is 2.60. The first-order valence-corrected chi connectivity index (χ1v) is 9.74. The SMILES string of the molecule is COc1ccc(S(=O)(=O)N2CCCc3cccc(OC)c32)cc1Br. The summed E-state index contributed by atoms with van der Waals surface area (Å²) >= 11 is 3.35. The molecule has 24 heavy (non-hydrogen) atoms. The highest BCUT2D eigenvalue weighted by molar-refractivity contribution is 9.10. The number of hydrogen-bond donors (Lipinski definition) is 0. The van der Waals surface area contributed by atoms with E-state index < -0.39 is 10.0 Å². The summed E-state index contributed by atoms with van der Waals surface area (Å²) < 4.78 is 39.0. The van der Waals surface area contributed by atoms with Gasteiger partial charge in [-0.05, 0) is 58.6 Å². The molecular formula is C17H18BrNO4S. The van der Waals surface area contributed by atoms with Gasteiger partial charge in [-0.3, -0.25) is 4.31 Å². The lowest BCUT2D eigenvalue weighted by molar-refractivity contribution is 0.411. The van der Waals surface area contributed by atoms with E-state index in [1.165, 1.54) is 4.31 Å². The highest BCUT2D eigenvalue weighted by Crippen LogP contribution is 2.40. The summed E-state index contributed by atoms with van der Waals surface area (Å²) in [5.41, 5.74) is 1.62. The normalized spacial score (nSPS) is 14.2. The van der Waals surface area contributed by atoms with Gasteiger partial charge in [0.05, 0.1) is 29.3 Å². The molecule has 3 rings (SSSR count). The van der Waals surface area contributed by atoms with E-state index in [1.807, 2.05) is 12.1 Å². The maximum atomic E-state index is 13.2. The van der Waals surface area contributed by atoms with Gasteiger partial charge in [0, 0.05) is 6.54 Å². The van der Waals surface area contributed by atoms with Crippen LogP contribution in [0.25, 0.3) is 0 Å². The van der Waals surface area contributed by atoms with Crippen molar-refractivity contribution in [2.75, 3.05) is 25.1 Å². The molecule has 0 aliphatic carbocycles. The Labute approximate surface area is 150 Å². The second kappa shape index (κ2) is 6.64. The molecule has 0 fully saturated rings. The van der Waals surface area contributed by atoms with Crippen LogP contribution in [-0.2, 0) is 16.4 Å². The van der Waals surface area contributed by atoms with E-state index in [0.29, 0.717) is 28.2 Å². The third-order valence-corrected chi connectivity index (χ3v) is 6.49. The molecular weight excluding hydrogens is 394 g/mol. The number of fused-ring (bicyclic) bond motifs is 1. The quantitative estimate of drug-likeness (QED) is 0.770. The first-order valence-electron chi connectivity index (χ1n) is 7.51. The Morgan fingerprint density at radius 2 is 1.83 bits per heavy atom. The molecule has 0 N–H and O–H groups in total. The number of sulfonamides is 1. The molecule has 1 aliphatic rings. The number of anilines is 1. The summed E-state index contributed by atoms with van der Waals surface area (Å²) in [6.45, 7) is 0.430. The van der Waals surface area contributed by atoms with Crippen LogP contribution in [0.4, 0.5) is 5.69 Å². The van der Waals surface area contributed by atoms with E-state index in [0.717, 1.165) is 18.4 Å². The third kappa shape index (κ3) is 2.86. The highest BCUT2D eigenvalue weighted by Gasteiger charge is 2.31. The second-order valence-electron chi connectivity index (χ2n) is 5.45. The van der Waals surface area contributed by atoms with E-state index >= 15 is 0 Å². The molecule has 0 unspecified atom stereocenters. The summed E-state index contributed by atoms with van der Waals surface area (Å²) in [4.78, 5) is 0.217. The van der Waals surface area contributed by atoms with Crippen molar-refractivity contribution in [2.45, 2.75) is 17.7 Å². The van der Waals surface area contributed by atoms with Gasteiger partial charge in [0.25, 0.3) is 10.0 Å². The fourth-order valence-corrected chi connectivity index (χ4v) is 5.19. The number of rotatable bonds is 4. The van der Waals surface area contributed by atoms with Gasteiger partial charge in [0.15, 0.2) is 0 Å². The van der Waals surface area contributed by atoms with Gasteiger partial charge in [0.2, 0.25) is 0 Å². The minimum atomic E-state index is -3.69. The number of benzene rings is 2. The number of aryl methyl sites for hydroxylation is 1. The number of halogens is 1. The maximum absolute atomic E-state index is 13.2. The van der Waals surface area contributed by atoms with Crippen molar-refractivity contribution in [3.63, 3.8) is 0 Å². The molecule has 1 heterocycles. The zero-order valence-corrected chi connectivity index (χ0v) is 15.9. The van der Waals surface area contributed by atoms with Crippen LogP contribution in [0.3, 0.4) is 0 Å². The Bertz CT molecular complexity index is 853. The van der Waals surface area contributed by atoms with Crippen LogP contribution in [0.2, 0.25) is 0 Å². The maximum Gasteiger partial charge on any atom is 0.264 e. The van der Waals surface area contributed by atoms with E-state index in [9.17, 15) is 8.42 Å². The van der Waals surface area contributed by atoms with Crippen molar-refractivity contribution in [2.24, 2.45) is 0 Å². The summed E-state index contributed by atoms with van der Waals surface area (Å²) in [5.74, 6) is 1.16. The molecule has 0 saturated heterocycles. The summed E-state index contributed by atoms with van der Waals surface area (Å²) in [6.07, 6.45) is 1.61. The molecule has 7 heteroatoms. The number of methoxy groups -OCH3 is 2. The van der Waals surface area contributed by atoms with Gasteiger partial charge < -0.3 is 9.47 Å². The summed E-state index contributed by atoms with van der Waals surface area (Å²) in [6, 6.07) is 10.4. The molecule has 2 aromatic rings. The molecule has 0 bridgehead atoms. The monoisotopic (exact) mass is 411 g/mol. The summed E-state index contributed by atoms with van der Waals surface area (Å²) in [7, 11) is -0.592. The van der Waals surface area contributed by atoms with Crippen molar-refractivity contribution in [1.29, 1.82) is 0 Å². The molecule has 2 aromatic carbocycles. The fraction of sp³-hybridized carbons (Fsp3) is 0.294. The van der Waals surface area contributed by atoms with Gasteiger partial charge in [-0.1, -0.05) is 12.1 Å². The van der Waals surface area contributed by atoms with E-state index in [-0.39, 0.29) is 4.90 Å². The van der Waals surface area contributed by atoms with Crippen molar-refractivity contribution in [1.82, 2.24) is 0 Å². The van der Waals surface area contributed by atoms with Gasteiger partial charge in [-0.2, -0.15) is 0 Å². The Morgan fingerprint density at radius 3 is 2.50 bits per heavy atom. The average molecular weight is 412 g/mol. The largest absolute Gasteiger partial charge is 0.496 e. The first kappa shape index (κ1) is 17.1. The summed E-state index contributed by atoms with van der Waals surface area (Å²) in [5, 5.41) is 0. The number of ether oxygens (including phenoxy) is 2. The van der Waals surface area contributed by atoms with Gasteiger partial charge in [-0.25, -0.2) is 8.42 Å². The Morgan fingerprint density at radius 1 is 1.08 bits per heavy atom. The lowest BCUT2D eigenvalue weighted by Crippen LogP contribution is -2.35. The van der Waals surface area contributed by atoms with Gasteiger partial charge >= 0.3 is 0 Å². The van der Waals surface area contributed by atoms with Crippen LogP contribution < -0.4 is 13.8 Å². The number of hydrogen-bond acceptors (Lipinski definition) is 4. The lowest BCUT2D eigenvalue weighted by atomic mass is 10.0. The van der Waals surface area contributed by atoms with Crippen LogP contribution in [0.5, 0.6) is 11.5 Å². The van der Waals surface area contributed by atoms with Crippen LogP contribution in [0, 0.1) is 0 Å². The van der Waals surface area contributed by atoms with Crippen molar-refractivity contribution in [3.05, 3.63) is 46.4 Å².